The highest BCUT2D eigenvalue weighted by Crippen LogP contribution is 2.29. The minimum Gasteiger partial charge on any atom is -0.491 e. The Bertz CT molecular complexity index is 356. The van der Waals surface area contributed by atoms with Gasteiger partial charge in [0.2, 0.25) is 0 Å². The Kier molecular flexibility index (Phi) is 4.82. The first kappa shape index (κ1) is 13.8. The van der Waals surface area contributed by atoms with Crippen molar-refractivity contribution in [3.8, 4) is 5.75 Å². The number of ether oxygens (including phenoxy) is 2. The largest absolute Gasteiger partial charge is 0.491 e. The summed E-state index contributed by atoms with van der Waals surface area (Å²) < 4.78 is 10.6. The normalized spacial score (nSPS) is 11.5. The van der Waals surface area contributed by atoms with E-state index >= 15 is 0 Å². The van der Waals surface area contributed by atoms with Crippen LogP contribution in [0.1, 0.15) is 32.8 Å². The zero-order valence-electron chi connectivity index (χ0n) is 11.2. The standard InChI is InChI=1S/C14H23NO2/c1-14(2,3)11-6-7-13(12(15)10-11)17-9-5-8-16-4/h6-7,10H,5,8-9,15H2,1-4H3. The summed E-state index contributed by atoms with van der Waals surface area (Å²) in [6.45, 7) is 7.84. The molecular formula is C14H23NO2. The van der Waals surface area contributed by atoms with E-state index in [0.717, 1.165) is 12.2 Å². The average molecular weight is 237 g/mol. The lowest BCUT2D eigenvalue weighted by molar-refractivity contribution is 0.172. The third-order valence-corrected chi connectivity index (χ3v) is 2.63. The van der Waals surface area contributed by atoms with E-state index in [9.17, 15) is 0 Å². The summed E-state index contributed by atoms with van der Waals surface area (Å²) >= 11 is 0. The van der Waals surface area contributed by atoms with E-state index in [0.29, 0.717) is 18.9 Å². The number of nitrogen functional groups attached to an aromatic ring is 1. The minimum atomic E-state index is 0.114. The Balaban J connectivity index is 2.64. The third-order valence-electron chi connectivity index (χ3n) is 2.63. The van der Waals surface area contributed by atoms with Gasteiger partial charge in [-0.1, -0.05) is 26.8 Å². The molecular weight excluding hydrogens is 214 g/mol. The summed E-state index contributed by atoms with van der Waals surface area (Å²) in [5.74, 6) is 0.758. The van der Waals surface area contributed by atoms with Crippen LogP contribution in [0.25, 0.3) is 0 Å². The smallest absolute Gasteiger partial charge is 0.142 e. The second-order valence-corrected chi connectivity index (χ2v) is 5.20. The van der Waals surface area contributed by atoms with E-state index < -0.39 is 0 Å². The van der Waals surface area contributed by atoms with Crippen molar-refractivity contribution >= 4 is 5.69 Å². The van der Waals surface area contributed by atoms with Crippen molar-refractivity contribution in [2.75, 3.05) is 26.1 Å². The van der Waals surface area contributed by atoms with E-state index in [4.69, 9.17) is 15.2 Å². The van der Waals surface area contributed by atoms with Crippen molar-refractivity contribution in [1.82, 2.24) is 0 Å². The molecule has 0 aromatic heterocycles. The molecule has 0 spiro atoms. The zero-order valence-corrected chi connectivity index (χ0v) is 11.2. The molecule has 0 aliphatic heterocycles. The number of hydrogen-bond acceptors (Lipinski definition) is 3. The molecule has 0 aliphatic carbocycles. The fourth-order valence-electron chi connectivity index (χ4n) is 1.53. The summed E-state index contributed by atoms with van der Waals surface area (Å²) in [6, 6.07) is 6.01. The Morgan fingerprint density at radius 1 is 1.18 bits per heavy atom. The molecule has 96 valence electrons. The molecule has 3 heteroatoms. The molecule has 0 unspecified atom stereocenters. The Hall–Kier alpha value is -1.22. The van der Waals surface area contributed by atoms with Gasteiger partial charge in [0.1, 0.15) is 5.75 Å². The van der Waals surface area contributed by atoms with Crippen molar-refractivity contribution in [1.29, 1.82) is 0 Å². The molecule has 17 heavy (non-hydrogen) atoms. The highest BCUT2D eigenvalue weighted by atomic mass is 16.5. The molecule has 0 aliphatic rings. The van der Waals surface area contributed by atoms with Gasteiger partial charge in [0.15, 0.2) is 0 Å². The quantitative estimate of drug-likeness (QED) is 0.632. The van der Waals surface area contributed by atoms with Gasteiger partial charge in [-0.25, -0.2) is 0 Å². The van der Waals surface area contributed by atoms with Crippen LogP contribution in [0.4, 0.5) is 5.69 Å². The molecule has 0 saturated heterocycles. The summed E-state index contributed by atoms with van der Waals surface area (Å²) in [5.41, 5.74) is 8.02. The van der Waals surface area contributed by atoms with Crippen molar-refractivity contribution in [2.24, 2.45) is 0 Å². The number of anilines is 1. The van der Waals surface area contributed by atoms with Gasteiger partial charge in [-0.15, -0.1) is 0 Å². The SMILES string of the molecule is COCCCOc1ccc(C(C)(C)C)cc1N. The van der Waals surface area contributed by atoms with E-state index in [1.807, 2.05) is 12.1 Å². The highest BCUT2D eigenvalue weighted by Gasteiger charge is 2.14. The van der Waals surface area contributed by atoms with Crippen molar-refractivity contribution in [3.05, 3.63) is 23.8 Å². The van der Waals surface area contributed by atoms with E-state index in [-0.39, 0.29) is 5.41 Å². The lowest BCUT2D eigenvalue weighted by atomic mass is 9.87. The summed E-state index contributed by atoms with van der Waals surface area (Å²) in [6.07, 6.45) is 0.872. The lowest BCUT2D eigenvalue weighted by Crippen LogP contribution is -2.12. The van der Waals surface area contributed by atoms with E-state index in [1.54, 1.807) is 7.11 Å². The molecule has 1 aromatic rings. The van der Waals surface area contributed by atoms with Crippen LogP contribution >= 0.6 is 0 Å². The Morgan fingerprint density at radius 3 is 2.41 bits per heavy atom. The van der Waals surface area contributed by atoms with Crippen LogP contribution in [0.15, 0.2) is 18.2 Å². The van der Waals surface area contributed by atoms with Gasteiger partial charge in [-0.3, -0.25) is 0 Å². The van der Waals surface area contributed by atoms with Gasteiger partial charge in [-0.05, 0) is 23.1 Å². The zero-order chi connectivity index (χ0) is 12.9. The van der Waals surface area contributed by atoms with Crippen LogP contribution in [-0.2, 0) is 10.2 Å². The number of benzene rings is 1. The van der Waals surface area contributed by atoms with E-state index in [2.05, 4.69) is 26.8 Å². The lowest BCUT2D eigenvalue weighted by Gasteiger charge is -2.20. The Labute approximate surface area is 104 Å². The van der Waals surface area contributed by atoms with Gasteiger partial charge >= 0.3 is 0 Å². The summed E-state index contributed by atoms with van der Waals surface area (Å²) in [7, 11) is 1.69. The molecule has 0 saturated carbocycles. The molecule has 0 bridgehead atoms. The summed E-state index contributed by atoms with van der Waals surface area (Å²) in [4.78, 5) is 0. The van der Waals surface area contributed by atoms with Crippen LogP contribution in [0, 0.1) is 0 Å². The number of nitrogens with two attached hydrogens (primary N) is 1. The maximum Gasteiger partial charge on any atom is 0.142 e. The maximum absolute atomic E-state index is 5.98. The molecule has 2 N–H and O–H groups in total. The molecule has 0 radical (unpaired) electrons. The third kappa shape index (κ3) is 4.27. The number of hydrogen-bond donors (Lipinski definition) is 1. The first-order valence-corrected chi connectivity index (χ1v) is 5.97. The van der Waals surface area contributed by atoms with Gasteiger partial charge in [0.25, 0.3) is 0 Å². The van der Waals surface area contributed by atoms with Crippen molar-refractivity contribution in [3.63, 3.8) is 0 Å². The van der Waals surface area contributed by atoms with Crippen LogP contribution in [-0.4, -0.2) is 20.3 Å². The van der Waals surface area contributed by atoms with Gasteiger partial charge in [0, 0.05) is 20.1 Å². The maximum atomic E-state index is 5.98. The van der Waals surface area contributed by atoms with Gasteiger partial charge < -0.3 is 15.2 Å². The van der Waals surface area contributed by atoms with Crippen LogP contribution in [0.3, 0.4) is 0 Å². The number of methoxy groups -OCH3 is 1. The first-order valence-electron chi connectivity index (χ1n) is 5.97. The topological polar surface area (TPSA) is 44.5 Å². The van der Waals surface area contributed by atoms with Gasteiger partial charge in [0.05, 0.1) is 12.3 Å². The van der Waals surface area contributed by atoms with Crippen molar-refractivity contribution < 1.29 is 9.47 Å². The van der Waals surface area contributed by atoms with Crippen molar-refractivity contribution in [2.45, 2.75) is 32.6 Å². The van der Waals surface area contributed by atoms with Crippen LogP contribution in [0.2, 0.25) is 0 Å². The van der Waals surface area contributed by atoms with Crippen LogP contribution in [0.5, 0.6) is 5.75 Å². The summed E-state index contributed by atoms with van der Waals surface area (Å²) in [5, 5.41) is 0. The molecule has 1 rings (SSSR count). The fraction of sp³-hybridized carbons (Fsp3) is 0.571. The van der Waals surface area contributed by atoms with Crippen LogP contribution < -0.4 is 10.5 Å². The molecule has 3 nitrogen and oxygen atoms in total. The van der Waals surface area contributed by atoms with Gasteiger partial charge in [-0.2, -0.15) is 0 Å². The monoisotopic (exact) mass is 237 g/mol. The predicted octanol–water partition coefficient (Wildman–Crippen LogP) is 2.98. The molecule has 0 fully saturated rings. The first-order chi connectivity index (χ1) is 7.95. The molecule has 0 heterocycles. The predicted molar refractivity (Wildman–Crippen MR) is 71.5 cm³/mol. The molecule has 1 aromatic carbocycles. The second kappa shape index (κ2) is 5.92. The second-order valence-electron chi connectivity index (χ2n) is 5.20. The Morgan fingerprint density at radius 2 is 1.88 bits per heavy atom. The molecule has 0 atom stereocenters. The average Bonchev–Trinajstić information content (AvgIpc) is 2.24. The van der Waals surface area contributed by atoms with E-state index in [1.165, 1.54) is 5.56 Å². The number of rotatable bonds is 5. The minimum absolute atomic E-state index is 0.114. The fourth-order valence-corrected chi connectivity index (χ4v) is 1.53. The highest BCUT2D eigenvalue weighted by molar-refractivity contribution is 5.55. The molecule has 0 amide bonds.